The number of nitrogens with zero attached hydrogens (tertiary/aromatic N) is 1. The van der Waals surface area contributed by atoms with Crippen molar-refractivity contribution in [2.75, 3.05) is 0 Å². The highest BCUT2D eigenvalue weighted by Gasteiger charge is 2.10. The molecule has 98 valence electrons. The number of hydrogen-bond donors (Lipinski definition) is 0. The molecule has 1 aromatic carbocycles. The van der Waals surface area contributed by atoms with Gasteiger partial charge in [-0.3, -0.25) is 9.78 Å². The lowest BCUT2D eigenvalue weighted by atomic mass is 10.0. The number of benzene rings is 1. The number of pyridine rings is 1. The summed E-state index contributed by atoms with van der Waals surface area (Å²) in [7, 11) is 0. The summed E-state index contributed by atoms with van der Waals surface area (Å²) in [5, 5.41) is 0.0391. The molecule has 0 amide bonds. The molecule has 0 radical (unpaired) electrons. The number of carbonyl (C=O) groups excluding carboxylic acids is 1. The molecule has 0 N–H and O–H groups in total. The third-order valence-corrected chi connectivity index (χ3v) is 3.26. The van der Waals surface area contributed by atoms with E-state index in [1.165, 1.54) is 6.07 Å². The molecule has 0 aliphatic rings. The molecule has 0 spiro atoms. The Morgan fingerprint density at radius 2 is 2.11 bits per heavy atom. The van der Waals surface area contributed by atoms with Gasteiger partial charge in [0.15, 0.2) is 0 Å². The molecule has 0 atom stereocenters. The van der Waals surface area contributed by atoms with Crippen molar-refractivity contribution in [3.63, 3.8) is 0 Å². The van der Waals surface area contributed by atoms with Gasteiger partial charge in [0, 0.05) is 25.2 Å². The number of hydrogen-bond acceptors (Lipinski definition) is 2. The number of aryl methyl sites for hydroxylation is 1. The Morgan fingerprint density at radius 1 is 1.26 bits per heavy atom. The molecule has 0 unspecified atom stereocenters. The van der Waals surface area contributed by atoms with E-state index < -0.39 is 5.82 Å². The van der Waals surface area contributed by atoms with Crippen molar-refractivity contribution in [2.45, 2.75) is 19.3 Å². The van der Waals surface area contributed by atoms with Crippen LogP contribution in [0.3, 0.4) is 0 Å². The van der Waals surface area contributed by atoms with Crippen molar-refractivity contribution in [1.82, 2.24) is 4.98 Å². The van der Waals surface area contributed by atoms with Gasteiger partial charge in [-0.1, -0.05) is 29.8 Å². The highest BCUT2D eigenvalue weighted by molar-refractivity contribution is 6.31. The molecule has 1 aromatic heterocycles. The van der Waals surface area contributed by atoms with Crippen molar-refractivity contribution >= 4 is 17.4 Å². The summed E-state index contributed by atoms with van der Waals surface area (Å²) in [5.74, 6) is -0.449. The molecule has 2 nitrogen and oxygen atoms in total. The molecule has 2 rings (SSSR count). The predicted molar refractivity (Wildman–Crippen MR) is 72.7 cm³/mol. The van der Waals surface area contributed by atoms with E-state index in [1.54, 1.807) is 24.5 Å². The molecular formula is C15H13ClFNO. The van der Waals surface area contributed by atoms with Crippen LogP contribution in [-0.2, 0) is 17.6 Å². The van der Waals surface area contributed by atoms with Gasteiger partial charge < -0.3 is 0 Å². The first-order valence-corrected chi connectivity index (χ1v) is 6.38. The van der Waals surface area contributed by atoms with Crippen LogP contribution in [0.25, 0.3) is 0 Å². The highest BCUT2D eigenvalue weighted by Crippen LogP contribution is 2.20. The molecular weight excluding hydrogens is 265 g/mol. The molecule has 0 aliphatic carbocycles. The summed E-state index contributed by atoms with van der Waals surface area (Å²) in [6, 6.07) is 8.28. The zero-order valence-electron chi connectivity index (χ0n) is 10.3. The minimum atomic E-state index is -0.487. The average molecular weight is 278 g/mol. The number of ketones is 1. The minimum Gasteiger partial charge on any atom is -0.299 e. The molecule has 0 saturated carbocycles. The summed E-state index contributed by atoms with van der Waals surface area (Å²) in [4.78, 5) is 15.8. The van der Waals surface area contributed by atoms with Crippen molar-refractivity contribution < 1.29 is 9.18 Å². The number of rotatable bonds is 5. The van der Waals surface area contributed by atoms with Crippen LogP contribution < -0.4 is 0 Å². The fourth-order valence-corrected chi connectivity index (χ4v) is 2.01. The fourth-order valence-electron chi connectivity index (χ4n) is 1.82. The lowest BCUT2D eigenvalue weighted by Crippen LogP contribution is -2.05. The maximum absolute atomic E-state index is 13.2. The second kappa shape index (κ2) is 6.43. The Balaban J connectivity index is 1.93. The van der Waals surface area contributed by atoms with E-state index >= 15 is 0 Å². The van der Waals surface area contributed by atoms with Crippen LogP contribution in [0.4, 0.5) is 4.39 Å². The van der Waals surface area contributed by atoms with Crippen molar-refractivity contribution in [1.29, 1.82) is 0 Å². The fraction of sp³-hybridized carbons (Fsp3) is 0.200. The van der Waals surface area contributed by atoms with E-state index in [2.05, 4.69) is 4.98 Å². The summed E-state index contributed by atoms with van der Waals surface area (Å²) in [6.45, 7) is 0. The zero-order valence-corrected chi connectivity index (χ0v) is 11.0. The first-order valence-electron chi connectivity index (χ1n) is 6.00. The molecule has 2 aromatic rings. The van der Waals surface area contributed by atoms with Gasteiger partial charge in [-0.2, -0.15) is 0 Å². The van der Waals surface area contributed by atoms with Gasteiger partial charge in [0.25, 0.3) is 0 Å². The lowest BCUT2D eigenvalue weighted by molar-refractivity contribution is -0.118. The van der Waals surface area contributed by atoms with Crippen molar-refractivity contribution in [3.05, 3.63) is 64.7 Å². The first-order chi connectivity index (χ1) is 9.16. The summed E-state index contributed by atoms with van der Waals surface area (Å²) in [5.41, 5.74) is 1.55. The van der Waals surface area contributed by atoms with Gasteiger partial charge in [0.05, 0.1) is 5.02 Å². The van der Waals surface area contributed by atoms with Gasteiger partial charge in [-0.05, 0) is 29.7 Å². The van der Waals surface area contributed by atoms with Crippen LogP contribution in [-0.4, -0.2) is 10.8 Å². The topological polar surface area (TPSA) is 30.0 Å². The standard InChI is InChI=1S/C15H13ClFNO/c16-15-12(4-1-5-14(15)17)9-13(19)7-6-11-3-2-8-18-10-11/h1-5,8,10H,6-7,9H2. The van der Waals surface area contributed by atoms with Gasteiger partial charge >= 0.3 is 0 Å². The Labute approximate surface area is 116 Å². The maximum atomic E-state index is 13.2. The van der Waals surface area contributed by atoms with E-state index in [9.17, 15) is 9.18 Å². The second-order valence-electron chi connectivity index (χ2n) is 4.29. The van der Waals surface area contributed by atoms with Crippen LogP contribution in [0, 0.1) is 5.82 Å². The summed E-state index contributed by atoms with van der Waals surface area (Å²) in [6.07, 6.45) is 4.63. The van der Waals surface area contributed by atoms with Crippen LogP contribution in [0.5, 0.6) is 0 Å². The molecule has 1 heterocycles. The predicted octanol–water partition coefficient (Wildman–Crippen LogP) is 3.62. The largest absolute Gasteiger partial charge is 0.299 e. The Morgan fingerprint density at radius 3 is 2.84 bits per heavy atom. The average Bonchev–Trinajstić information content (AvgIpc) is 2.43. The summed E-state index contributed by atoms with van der Waals surface area (Å²) < 4.78 is 13.2. The molecule has 0 saturated heterocycles. The van der Waals surface area contributed by atoms with E-state index in [4.69, 9.17) is 11.6 Å². The molecule has 4 heteroatoms. The minimum absolute atomic E-state index is 0.0383. The Kier molecular flexibility index (Phi) is 4.63. The second-order valence-corrected chi connectivity index (χ2v) is 4.67. The smallest absolute Gasteiger partial charge is 0.142 e. The van der Waals surface area contributed by atoms with E-state index in [0.29, 0.717) is 18.4 Å². The quantitative estimate of drug-likeness (QED) is 0.835. The third kappa shape index (κ3) is 3.86. The van der Waals surface area contributed by atoms with Crippen LogP contribution in [0.15, 0.2) is 42.7 Å². The molecule has 0 fully saturated rings. The molecule has 19 heavy (non-hydrogen) atoms. The van der Waals surface area contributed by atoms with Crippen molar-refractivity contribution in [3.8, 4) is 0 Å². The van der Waals surface area contributed by atoms with E-state index in [-0.39, 0.29) is 17.2 Å². The van der Waals surface area contributed by atoms with Crippen LogP contribution in [0.2, 0.25) is 5.02 Å². The molecule has 0 bridgehead atoms. The van der Waals surface area contributed by atoms with Crippen molar-refractivity contribution in [2.24, 2.45) is 0 Å². The van der Waals surface area contributed by atoms with Gasteiger partial charge in [0.1, 0.15) is 11.6 Å². The van der Waals surface area contributed by atoms with Crippen LogP contribution in [0.1, 0.15) is 17.5 Å². The lowest BCUT2D eigenvalue weighted by Gasteiger charge is -2.04. The molecule has 0 aliphatic heterocycles. The Hall–Kier alpha value is -1.74. The van der Waals surface area contributed by atoms with Gasteiger partial charge in [-0.25, -0.2) is 4.39 Å². The van der Waals surface area contributed by atoms with E-state index in [1.807, 2.05) is 12.1 Å². The normalized spacial score (nSPS) is 10.4. The van der Waals surface area contributed by atoms with Crippen LogP contribution >= 0.6 is 11.6 Å². The van der Waals surface area contributed by atoms with E-state index in [0.717, 1.165) is 5.56 Å². The number of carbonyl (C=O) groups is 1. The van der Waals surface area contributed by atoms with Gasteiger partial charge in [0.2, 0.25) is 0 Å². The number of halogens is 2. The Bertz CT molecular complexity index is 572. The number of aromatic nitrogens is 1. The monoisotopic (exact) mass is 277 g/mol. The first kappa shape index (κ1) is 13.7. The highest BCUT2D eigenvalue weighted by atomic mass is 35.5. The summed E-state index contributed by atoms with van der Waals surface area (Å²) >= 11 is 5.82. The maximum Gasteiger partial charge on any atom is 0.142 e. The van der Waals surface area contributed by atoms with Gasteiger partial charge in [-0.15, -0.1) is 0 Å². The zero-order chi connectivity index (χ0) is 13.7. The number of Topliss-reactive ketones (excluding diaryl/α,β-unsaturated/α-hetero) is 1. The third-order valence-electron chi connectivity index (χ3n) is 2.83. The SMILES string of the molecule is O=C(CCc1cccnc1)Cc1cccc(F)c1Cl.